The van der Waals surface area contributed by atoms with E-state index in [2.05, 4.69) is 26.5 Å². The average Bonchev–Trinajstić information content (AvgIpc) is 2.48. The number of methoxy groups -OCH3 is 1. The highest BCUT2D eigenvalue weighted by Crippen LogP contribution is 2.25. The van der Waals surface area contributed by atoms with Crippen molar-refractivity contribution in [3.63, 3.8) is 0 Å². The van der Waals surface area contributed by atoms with Gasteiger partial charge in [-0.3, -0.25) is 4.79 Å². The Morgan fingerprint density at radius 1 is 1.25 bits per heavy atom. The minimum atomic E-state index is -0.277. The van der Waals surface area contributed by atoms with Crippen LogP contribution in [-0.4, -0.2) is 19.2 Å². The maximum Gasteiger partial charge on any atom is 0.271 e. The van der Waals surface area contributed by atoms with Gasteiger partial charge in [-0.15, -0.1) is 0 Å². The van der Waals surface area contributed by atoms with Gasteiger partial charge in [0.1, 0.15) is 5.75 Å². The molecule has 20 heavy (non-hydrogen) atoms. The van der Waals surface area contributed by atoms with Gasteiger partial charge in [0.25, 0.3) is 5.91 Å². The molecule has 0 spiro atoms. The highest BCUT2D eigenvalue weighted by Gasteiger charge is 2.07. The number of halogens is 1. The number of nitrogens with zero attached hydrogens (tertiary/aromatic N) is 1. The van der Waals surface area contributed by atoms with Crippen LogP contribution in [0.5, 0.6) is 5.75 Å². The number of ether oxygens (including phenoxy) is 1. The third kappa shape index (κ3) is 3.68. The molecule has 0 saturated carbocycles. The van der Waals surface area contributed by atoms with Gasteiger partial charge in [-0.1, -0.05) is 30.3 Å². The number of rotatable bonds is 4. The molecule has 2 rings (SSSR count). The van der Waals surface area contributed by atoms with Crippen LogP contribution in [0.15, 0.2) is 58.1 Å². The Morgan fingerprint density at radius 3 is 2.65 bits per heavy atom. The van der Waals surface area contributed by atoms with Gasteiger partial charge in [0.2, 0.25) is 0 Å². The van der Waals surface area contributed by atoms with Crippen LogP contribution in [-0.2, 0) is 0 Å². The summed E-state index contributed by atoms with van der Waals surface area (Å²) >= 11 is 3.34. The van der Waals surface area contributed by atoms with Crippen molar-refractivity contribution in [2.75, 3.05) is 7.11 Å². The van der Waals surface area contributed by atoms with Gasteiger partial charge in [-0.25, -0.2) is 5.43 Å². The second-order valence-corrected chi connectivity index (χ2v) is 4.81. The Bertz CT molecular complexity index is 627. The van der Waals surface area contributed by atoms with E-state index in [0.29, 0.717) is 11.3 Å². The first-order valence-electron chi connectivity index (χ1n) is 5.92. The molecule has 0 aliphatic rings. The molecule has 0 bridgehead atoms. The van der Waals surface area contributed by atoms with Crippen LogP contribution < -0.4 is 10.2 Å². The molecule has 5 heteroatoms. The first kappa shape index (κ1) is 14.3. The lowest BCUT2D eigenvalue weighted by molar-refractivity contribution is 0.0955. The number of amides is 1. The van der Waals surface area contributed by atoms with Crippen molar-refractivity contribution < 1.29 is 9.53 Å². The molecule has 0 saturated heterocycles. The zero-order chi connectivity index (χ0) is 14.4. The highest BCUT2D eigenvalue weighted by atomic mass is 79.9. The van der Waals surface area contributed by atoms with E-state index in [0.717, 1.165) is 10.0 Å². The van der Waals surface area contributed by atoms with Gasteiger partial charge in [0.05, 0.1) is 17.8 Å². The summed E-state index contributed by atoms with van der Waals surface area (Å²) in [6, 6.07) is 14.6. The van der Waals surface area contributed by atoms with E-state index >= 15 is 0 Å². The molecular formula is C15H13BrN2O2. The van der Waals surface area contributed by atoms with Crippen molar-refractivity contribution in [2.24, 2.45) is 5.10 Å². The topological polar surface area (TPSA) is 50.7 Å². The summed E-state index contributed by atoms with van der Waals surface area (Å²) in [4.78, 5) is 11.9. The minimum Gasteiger partial charge on any atom is -0.496 e. The Kier molecular flexibility index (Phi) is 4.90. The van der Waals surface area contributed by atoms with Gasteiger partial charge in [0.15, 0.2) is 0 Å². The molecule has 2 aromatic carbocycles. The van der Waals surface area contributed by atoms with Crippen LogP contribution in [0.2, 0.25) is 0 Å². The lowest BCUT2D eigenvalue weighted by Crippen LogP contribution is -2.17. The number of hydrogen-bond donors (Lipinski definition) is 1. The first-order valence-corrected chi connectivity index (χ1v) is 6.72. The zero-order valence-electron chi connectivity index (χ0n) is 10.8. The fourth-order valence-corrected chi connectivity index (χ4v) is 2.12. The normalized spacial score (nSPS) is 10.5. The number of nitrogens with one attached hydrogen (secondary N) is 1. The van der Waals surface area contributed by atoms with Crippen molar-refractivity contribution in [1.82, 2.24) is 5.43 Å². The summed E-state index contributed by atoms with van der Waals surface area (Å²) in [6.45, 7) is 0. The van der Waals surface area contributed by atoms with Crippen molar-refractivity contribution in [3.8, 4) is 5.75 Å². The summed E-state index contributed by atoms with van der Waals surface area (Å²) in [5.41, 5.74) is 3.90. The van der Waals surface area contributed by atoms with Gasteiger partial charge >= 0.3 is 0 Å². The van der Waals surface area contributed by atoms with E-state index in [4.69, 9.17) is 4.74 Å². The Labute approximate surface area is 125 Å². The van der Waals surface area contributed by atoms with E-state index in [-0.39, 0.29) is 5.91 Å². The summed E-state index contributed by atoms with van der Waals surface area (Å²) in [6.07, 6.45) is 1.59. The Balaban J connectivity index is 2.02. The molecule has 0 aliphatic heterocycles. The molecule has 0 atom stereocenters. The number of carbonyl (C=O) groups is 1. The van der Waals surface area contributed by atoms with Crippen LogP contribution in [0.4, 0.5) is 0 Å². The maximum absolute atomic E-state index is 11.9. The molecule has 1 amide bonds. The van der Waals surface area contributed by atoms with E-state index in [1.807, 2.05) is 30.3 Å². The van der Waals surface area contributed by atoms with Gasteiger partial charge < -0.3 is 4.74 Å². The van der Waals surface area contributed by atoms with Crippen molar-refractivity contribution >= 4 is 28.1 Å². The predicted octanol–water partition coefficient (Wildman–Crippen LogP) is 3.22. The lowest BCUT2D eigenvalue weighted by atomic mass is 10.2. The van der Waals surface area contributed by atoms with Crippen LogP contribution in [0, 0.1) is 0 Å². The second kappa shape index (κ2) is 6.86. The second-order valence-electron chi connectivity index (χ2n) is 3.96. The fourth-order valence-electron chi connectivity index (χ4n) is 1.58. The summed E-state index contributed by atoms with van der Waals surface area (Å²) < 4.78 is 5.83. The van der Waals surface area contributed by atoms with E-state index in [1.54, 1.807) is 31.5 Å². The lowest BCUT2D eigenvalue weighted by Gasteiger charge is -2.05. The zero-order valence-corrected chi connectivity index (χ0v) is 12.4. The quantitative estimate of drug-likeness (QED) is 0.690. The monoisotopic (exact) mass is 332 g/mol. The standard InChI is InChI=1S/C15H13BrN2O2/c1-20-14-8-7-12(9-13(14)16)15(19)18-17-10-11-5-3-2-4-6-11/h2-10H,1H3,(H,18,19)/b17-10+. The Hall–Kier alpha value is -2.14. The molecule has 0 radical (unpaired) electrons. The van der Waals surface area contributed by atoms with E-state index in [1.165, 1.54) is 0 Å². The molecule has 102 valence electrons. The summed E-state index contributed by atoms with van der Waals surface area (Å²) in [5, 5.41) is 3.92. The third-order valence-corrected chi connectivity index (χ3v) is 3.21. The molecule has 0 unspecified atom stereocenters. The highest BCUT2D eigenvalue weighted by molar-refractivity contribution is 9.10. The number of carbonyl (C=O) groups excluding carboxylic acids is 1. The number of benzene rings is 2. The van der Waals surface area contributed by atoms with Gasteiger partial charge in [-0.05, 0) is 39.7 Å². The third-order valence-electron chi connectivity index (χ3n) is 2.59. The summed E-state index contributed by atoms with van der Waals surface area (Å²) in [5.74, 6) is 0.398. The van der Waals surface area contributed by atoms with Crippen LogP contribution >= 0.6 is 15.9 Å². The van der Waals surface area contributed by atoms with Crippen molar-refractivity contribution in [2.45, 2.75) is 0 Å². The molecular weight excluding hydrogens is 320 g/mol. The van der Waals surface area contributed by atoms with Crippen molar-refractivity contribution in [3.05, 3.63) is 64.1 Å². The number of hydrazone groups is 1. The van der Waals surface area contributed by atoms with Crippen LogP contribution in [0.25, 0.3) is 0 Å². The fraction of sp³-hybridized carbons (Fsp3) is 0.0667. The van der Waals surface area contributed by atoms with E-state index < -0.39 is 0 Å². The molecule has 4 nitrogen and oxygen atoms in total. The maximum atomic E-state index is 11.9. The predicted molar refractivity (Wildman–Crippen MR) is 82.2 cm³/mol. The van der Waals surface area contributed by atoms with E-state index in [9.17, 15) is 4.79 Å². The van der Waals surface area contributed by atoms with Gasteiger partial charge in [-0.2, -0.15) is 5.10 Å². The first-order chi connectivity index (χ1) is 9.70. The van der Waals surface area contributed by atoms with Gasteiger partial charge in [0, 0.05) is 5.56 Å². The SMILES string of the molecule is COc1ccc(C(=O)N/N=C/c2ccccc2)cc1Br. The smallest absolute Gasteiger partial charge is 0.271 e. The molecule has 0 aromatic heterocycles. The molecule has 0 fully saturated rings. The molecule has 1 N–H and O–H groups in total. The van der Waals surface area contributed by atoms with Crippen LogP contribution in [0.3, 0.4) is 0 Å². The molecule has 0 aliphatic carbocycles. The molecule has 2 aromatic rings. The Morgan fingerprint density at radius 2 is 2.00 bits per heavy atom. The largest absolute Gasteiger partial charge is 0.496 e. The molecule has 0 heterocycles. The average molecular weight is 333 g/mol. The minimum absolute atomic E-state index is 0.277. The van der Waals surface area contributed by atoms with Crippen LogP contribution in [0.1, 0.15) is 15.9 Å². The summed E-state index contributed by atoms with van der Waals surface area (Å²) in [7, 11) is 1.57. The van der Waals surface area contributed by atoms with Crippen molar-refractivity contribution in [1.29, 1.82) is 0 Å². The number of hydrogen-bond acceptors (Lipinski definition) is 3.